The molecular weight excluding hydrogens is 293 g/mol. The monoisotopic (exact) mass is 305 g/mol. The molecule has 0 aliphatic rings. The number of esters is 1. The number of pyridine rings is 1. The van der Waals surface area contributed by atoms with Crippen LogP contribution in [-0.4, -0.2) is 17.6 Å². The van der Waals surface area contributed by atoms with Crippen LogP contribution in [0.2, 0.25) is 5.02 Å². The Hall–Kier alpha value is -0.610. The zero-order valence-electron chi connectivity index (χ0n) is 9.43. The third kappa shape index (κ3) is 2.95. The molecule has 1 rings (SSSR count). The fourth-order valence-corrected chi connectivity index (χ4v) is 2.05. The van der Waals surface area contributed by atoms with Crippen molar-refractivity contribution in [1.82, 2.24) is 4.98 Å². The van der Waals surface area contributed by atoms with Crippen molar-refractivity contribution in [2.75, 3.05) is 6.61 Å². The molecule has 0 N–H and O–H groups in total. The Labute approximate surface area is 108 Å². The molecule has 0 unspecified atom stereocenters. The van der Waals surface area contributed by atoms with Gasteiger partial charge < -0.3 is 4.74 Å². The lowest BCUT2D eigenvalue weighted by molar-refractivity contribution is -0.142. The van der Waals surface area contributed by atoms with Crippen LogP contribution in [0.3, 0.4) is 0 Å². The van der Waals surface area contributed by atoms with Crippen molar-refractivity contribution < 1.29 is 9.53 Å². The van der Waals surface area contributed by atoms with Crippen LogP contribution in [0.15, 0.2) is 4.47 Å². The van der Waals surface area contributed by atoms with Gasteiger partial charge in [-0.1, -0.05) is 11.6 Å². The minimum absolute atomic E-state index is 0.157. The van der Waals surface area contributed by atoms with Crippen LogP contribution in [0, 0.1) is 13.8 Å². The zero-order chi connectivity index (χ0) is 12.3. The number of rotatable bonds is 3. The number of hydrogen-bond donors (Lipinski definition) is 0. The lowest BCUT2D eigenvalue weighted by atomic mass is 10.1. The number of nitrogens with zero attached hydrogens (tertiary/aromatic N) is 1. The molecule has 1 aromatic heterocycles. The molecule has 88 valence electrons. The molecule has 3 nitrogen and oxygen atoms in total. The summed E-state index contributed by atoms with van der Waals surface area (Å²) in [4.78, 5) is 15.7. The Kier molecular flexibility index (Phi) is 4.74. The van der Waals surface area contributed by atoms with E-state index in [2.05, 4.69) is 20.9 Å². The largest absolute Gasteiger partial charge is 0.466 e. The lowest BCUT2D eigenvalue weighted by Gasteiger charge is -2.10. The van der Waals surface area contributed by atoms with Gasteiger partial charge in [-0.25, -0.2) is 0 Å². The highest BCUT2D eigenvalue weighted by Crippen LogP contribution is 2.30. The third-order valence-electron chi connectivity index (χ3n) is 2.17. The molecule has 0 aliphatic carbocycles. The summed E-state index contributed by atoms with van der Waals surface area (Å²) < 4.78 is 5.62. The molecule has 0 fully saturated rings. The molecule has 0 spiro atoms. The Morgan fingerprint density at radius 3 is 2.62 bits per heavy atom. The van der Waals surface area contributed by atoms with Crippen molar-refractivity contribution in [3.8, 4) is 0 Å². The van der Waals surface area contributed by atoms with Gasteiger partial charge in [-0.15, -0.1) is 0 Å². The average molecular weight is 307 g/mol. The van der Waals surface area contributed by atoms with Crippen LogP contribution in [0.1, 0.15) is 23.9 Å². The molecule has 0 saturated heterocycles. The van der Waals surface area contributed by atoms with Gasteiger partial charge >= 0.3 is 5.97 Å². The maximum absolute atomic E-state index is 11.4. The number of hydrogen-bond acceptors (Lipinski definition) is 3. The third-order valence-corrected chi connectivity index (χ3v) is 3.79. The number of aromatic nitrogens is 1. The van der Waals surface area contributed by atoms with E-state index in [-0.39, 0.29) is 12.4 Å². The summed E-state index contributed by atoms with van der Waals surface area (Å²) in [5.41, 5.74) is 2.30. The van der Waals surface area contributed by atoms with Crippen LogP contribution in [-0.2, 0) is 16.0 Å². The van der Waals surface area contributed by atoms with E-state index in [9.17, 15) is 4.79 Å². The number of ether oxygens (including phenoxy) is 1. The van der Waals surface area contributed by atoms with Gasteiger partial charge in [0, 0.05) is 11.3 Å². The van der Waals surface area contributed by atoms with Crippen molar-refractivity contribution in [2.24, 2.45) is 0 Å². The van der Waals surface area contributed by atoms with Crippen molar-refractivity contribution in [3.63, 3.8) is 0 Å². The molecule has 0 aliphatic heterocycles. The van der Waals surface area contributed by atoms with Crippen molar-refractivity contribution in [3.05, 3.63) is 26.4 Å². The van der Waals surface area contributed by atoms with Crippen molar-refractivity contribution in [1.29, 1.82) is 0 Å². The van der Waals surface area contributed by atoms with E-state index in [0.717, 1.165) is 21.4 Å². The second kappa shape index (κ2) is 5.64. The van der Waals surface area contributed by atoms with Gasteiger partial charge in [0.2, 0.25) is 0 Å². The summed E-state index contributed by atoms with van der Waals surface area (Å²) in [6.07, 6.45) is 0.157. The molecule has 0 aromatic carbocycles. The van der Waals surface area contributed by atoms with E-state index in [0.29, 0.717) is 11.6 Å². The summed E-state index contributed by atoms with van der Waals surface area (Å²) in [6, 6.07) is 0. The van der Waals surface area contributed by atoms with Gasteiger partial charge in [-0.05, 0) is 36.7 Å². The Balaban J connectivity index is 3.05. The van der Waals surface area contributed by atoms with Crippen molar-refractivity contribution >= 4 is 33.5 Å². The van der Waals surface area contributed by atoms with Gasteiger partial charge in [0.25, 0.3) is 0 Å². The normalized spacial score (nSPS) is 10.3. The van der Waals surface area contributed by atoms with Crippen molar-refractivity contribution in [2.45, 2.75) is 27.2 Å². The topological polar surface area (TPSA) is 39.2 Å². The minimum atomic E-state index is -0.287. The number of aryl methyl sites for hydroxylation is 2. The Bertz CT molecular complexity index is 421. The lowest BCUT2D eigenvalue weighted by Crippen LogP contribution is -2.10. The molecule has 0 radical (unpaired) electrons. The fourth-order valence-electron chi connectivity index (χ4n) is 1.38. The average Bonchev–Trinajstić information content (AvgIpc) is 2.22. The SMILES string of the molecule is CCOC(=O)Cc1c(C)nc(C)c(Br)c1Cl. The highest BCUT2D eigenvalue weighted by molar-refractivity contribution is 9.10. The smallest absolute Gasteiger partial charge is 0.310 e. The van der Waals surface area contributed by atoms with Crippen LogP contribution in [0.4, 0.5) is 0 Å². The first-order valence-corrected chi connectivity index (χ1v) is 6.11. The molecule has 5 heteroatoms. The van der Waals surface area contributed by atoms with Gasteiger partial charge in [0.05, 0.1) is 28.2 Å². The number of carbonyl (C=O) groups excluding carboxylic acids is 1. The summed E-state index contributed by atoms with van der Waals surface area (Å²) in [6.45, 7) is 5.84. The maximum atomic E-state index is 11.4. The predicted octanol–water partition coefficient (Wildman–Crippen LogP) is 3.22. The molecule has 1 aromatic rings. The van der Waals surface area contributed by atoms with Crippen LogP contribution < -0.4 is 0 Å². The highest BCUT2D eigenvalue weighted by atomic mass is 79.9. The van der Waals surface area contributed by atoms with Crippen LogP contribution >= 0.6 is 27.5 Å². The van der Waals surface area contributed by atoms with E-state index in [1.807, 2.05) is 13.8 Å². The summed E-state index contributed by atoms with van der Waals surface area (Å²) in [5.74, 6) is -0.287. The number of carbonyl (C=O) groups is 1. The standard InChI is InChI=1S/C11H13BrClNO2/c1-4-16-9(15)5-8-6(2)14-7(3)10(12)11(8)13/h4-5H2,1-3H3. The summed E-state index contributed by atoms with van der Waals surface area (Å²) in [7, 11) is 0. The summed E-state index contributed by atoms with van der Waals surface area (Å²) in [5, 5.41) is 0.540. The predicted molar refractivity (Wildman–Crippen MR) is 66.8 cm³/mol. The second-order valence-corrected chi connectivity index (χ2v) is 4.54. The zero-order valence-corrected chi connectivity index (χ0v) is 11.8. The van der Waals surface area contributed by atoms with Crippen LogP contribution in [0.5, 0.6) is 0 Å². The first-order chi connectivity index (χ1) is 7.47. The molecule has 0 bridgehead atoms. The van der Waals surface area contributed by atoms with E-state index < -0.39 is 0 Å². The fraction of sp³-hybridized carbons (Fsp3) is 0.455. The molecular formula is C11H13BrClNO2. The minimum Gasteiger partial charge on any atom is -0.466 e. The maximum Gasteiger partial charge on any atom is 0.310 e. The molecule has 0 amide bonds. The Morgan fingerprint density at radius 1 is 1.44 bits per heavy atom. The highest BCUT2D eigenvalue weighted by Gasteiger charge is 2.15. The molecule has 0 saturated carbocycles. The molecule has 1 heterocycles. The number of halogens is 2. The van der Waals surface area contributed by atoms with E-state index in [1.165, 1.54) is 0 Å². The van der Waals surface area contributed by atoms with Gasteiger partial charge in [0.1, 0.15) is 0 Å². The van der Waals surface area contributed by atoms with Crippen LogP contribution in [0.25, 0.3) is 0 Å². The van der Waals surface area contributed by atoms with E-state index >= 15 is 0 Å². The van der Waals surface area contributed by atoms with Gasteiger partial charge in [-0.2, -0.15) is 0 Å². The Morgan fingerprint density at radius 2 is 2.06 bits per heavy atom. The quantitative estimate of drug-likeness (QED) is 0.805. The summed E-state index contributed by atoms with van der Waals surface area (Å²) >= 11 is 9.50. The first-order valence-electron chi connectivity index (χ1n) is 4.94. The molecule has 0 atom stereocenters. The second-order valence-electron chi connectivity index (χ2n) is 3.37. The van der Waals surface area contributed by atoms with Gasteiger partial charge in [0.15, 0.2) is 0 Å². The van der Waals surface area contributed by atoms with E-state index in [1.54, 1.807) is 6.92 Å². The first kappa shape index (κ1) is 13.5. The van der Waals surface area contributed by atoms with E-state index in [4.69, 9.17) is 16.3 Å². The molecule has 16 heavy (non-hydrogen) atoms. The van der Waals surface area contributed by atoms with Gasteiger partial charge in [-0.3, -0.25) is 9.78 Å².